The van der Waals surface area contributed by atoms with Gasteiger partial charge in [0.1, 0.15) is 11.6 Å². The molecular formula is C18H17N3OS. The molecule has 0 spiro atoms. The second-order valence-electron chi connectivity index (χ2n) is 5.12. The van der Waals surface area contributed by atoms with Crippen LogP contribution in [0.1, 0.15) is 12.5 Å². The highest BCUT2D eigenvalue weighted by Crippen LogP contribution is 2.38. The van der Waals surface area contributed by atoms with Crippen molar-refractivity contribution in [2.75, 3.05) is 12.8 Å². The third-order valence-corrected chi connectivity index (χ3v) is 4.66. The van der Waals surface area contributed by atoms with Crippen molar-refractivity contribution in [3.63, 3.8) is 0 Å². The zero-order chi connectivity index (χ0) is 16.4. The van der Waals surface area contributed by atoms with Crippen LogP contribution < -0.4 is 10.5 Å². The van der Waals surface area contributed by atoms with Crippen molar-refractivity contribution >= 4 is 34.2 Å². The summed E-state index contributed by atoms with van der Waals surface area (Å²) in [4.78, 5) is 6.45. The van der Waals surface area contributed by atoms with Crippen LogP contribution in [0, 0.1) is 5.41 Å². The number of rotatable bonds is 4. The van der Waals surface area contributed by atoms with Crippen molar-refractivity contribution in [2.45, 2.75) is 16.7 Å². The van der Waals surface area contributed by atoms with Crippen LogP contribution >= 0.6 is 11.8 Å². The predicted molar refractivity (Wildman–Crippen MR) is 95.8 cm³/mol. The summed E-state index contributed by atoms with van der Waals surface area (Å²) >= 11 is 1.59. The number of nitrogen functional groups attached to an aromatic ring is 1. The predicted octanol–water partition coefficient (Wildman–Crippen LogP) is 4.36. The normalized spacial score (nSPS) is 10.7. The number of nitrogens with zero attached hydrogens (tertiary/aromatic N) is 1. The number of benzene rings is 2. The second-order valence-corrected chi connectivity index (χ2v) is 6.20. The lowest BCUT2D eigenvalue weighted by Gasteiger charge is -2.14. The third kappa shape index (κ3) is 3.00. The summed E-state index contributed by atoms with van der Waals surface area (Å²) in [5, 5.41) is 9.07. The number of nitrogens with two attached hydrogens (primary N) is 1. The van der Waals surface area contributed by atoms with Crippen molar-refractivity contribution in [1.29, 1.82) is 5.41 Å². The van der Waals surface area contributed by atoms with Gasteiger partial charge in [-0.3, -0.25) is 0 Å². The Morgan fingerprint density at radius 2 is 1.83 bits per heavy atom. The molecule has 0 unspecified atom stereocenters. The van der Waals surface area contributed by atoms with Crippen LogP contribution in [0.15, 0.2) is 58.3 Å². The fourth-order valence-electron chi connectivity index (χ4n) is 2.43. The molecule has 2 aromatic carbocycles. The summed E-state index contributed by atoms with van der Waals surface area (Å²) in [7, 11) is 1.65. The van der Waals surface area contributed by atoms with Gasteiger partial charge in [0.05, 0.1) is 18.2 Å². The van der Waals surface area contributed by atoms with E-state index in [9.17, 15) is 0 Å². The van der Waals surface area contributed by atoms with E-state index in [0.717, 1.165) is 26.4 Å². The maximum atomic E-state index is 8.07. The van der Waals surface area contributed by atoms with Crippen LogP contribution in [0.5, 0.6) is 5.75 Å². The van der Waals surface area contributed by atoms with E-state index in [-0.39, 0.29) is 0 Å². The van der Waals surface area contributed by atoms with Crippen LogP contribution in [0.25, 0.3) is 10.9 Å². The van der Waals surface area contributed by atoms with Gasteiger partial charge in [-0.2, -0.15) is 0 Å². The monoisotopic (exact) mass is 323 g/mol. The number of para-hydroxylation sites is 1. The molecule has 0 radical (unpaired) electrons. The summed E-state index contributed by atoms with van der Waals surface area (Å²) in [5.74, 6) is 1.21. The SMILES string of the molecule is COc1ccc(Sc2c(C(C)=N)c(N)nc3ccccc23)cc1. The number of pyridine rings is 1. The van der Waals surface area contributed by atoms with Crippen LogP contribution in [0.3, 0.4) is 0 Å². The number of nitrogens with one attached hydrogen (secondary N) is 1. The van der Waals surface area contributed by atoms with E-state index in [0.29, 0.717) is 17.1 Å². The maximum Gasteiger partial charge on any atom is 0.134 e. The highest BCUT2D eigenvalue weighted by molar-refractivity contribution is 7.99. The summed E-state index contributed by atoms with van der Waals surface area (Å²) in [6, 6.07) is 15.7. The van der Waals surface area contributed by atoms with Crippen LogP contribution in [-0.2, 0) is 0 Å². The van der Waals surface area contributed by atoms with Gasteiger partial charge in [0, 0.05) is 20.9 Å². The molecule has 0 bridgehead atoms. The van der Waals surface area contributed by atoms with Gasteiger partial charge in [-0.05, 0) is 37.3 Å². The fourth-order valence-corrected chi connectivity index (χ4v) is 3.58. The average Bonchev–Trinajstić information content (AvgIpc) is 2.55. The summed E-state index contributed by atoms with van der Waals surface area (Å²) in [6.45, 7) is 1.74. The summed E-state index contributed by atoms with van der Waals surface area (Å²) in [6.07, 6.45) is 0. The molecule has 3 N–H and O–H groups in total. The molecule has 23 heavy (non-hydrogen) atoms. The maximum absolute atomic E-state index is 8.07. The lowest BCUT2D eigenvalue weighted by molar-refractivity contribution is 0.414. The van der Waals surface area contributed by atoms with Gasteiger partial charge in [-0.1, -0.05) is 30.0 Å². The highest BCUT2D eigenvalue weighted by atomic mass is 32.2. The van der Waals surface area contributed by atoms with Gasteiger partial charge >= 0.3 is 0 Å². The molecule has 0 atom stereocenters. The number of fused-ring (bicyclic) bond motifs is 1. The van der Waals surface area contributed by atoms with E-state index in [4.69, 9.17) is 15.9 Å². The standard InChI is InChI=1S/C18H17N3OS/c1-11(19)16-17(23-13-9-7-12(22-2)8-10-13)14-5-3-4-6-15(14)21-18(16)20/h3-10,19H,1-2H3,(H2,20,21). The number of ether oxygens (including phenoxy) is 1. The van der Waals surface area contributed by atoms with E-state index < -0.39 is 0 Å². The first-order chi connectivity index (χ1) is 11.1. The number of anilines is 1. The molecule has 1 heterocycles. The van der Waals surface area contributed by atoms with Crippen LogP contribution in [-0.4, -0.2) is 17.8 Å². The van der Waals surface area contributed by atoms with E-state index in [1.165, 1.54) is 0 Å². The Bertz CT molecular complexity index is 875. The largest absolute Gasteiger partial charge is 0.497 e. The minimum atomic E-state index is 0.396. The number of hydrogen-bond acceptors (Lipinski definition) is 5. The van der Waals surface area contributed by atoms with Gasteiger partial charge in [0.15, 0.2) is 0 Å². The molecule has 0 amide bonds. The van der Waals surface area contributed by atoms with E-state index in [1.807, 2.05) is 48.5 Å². The fraction of sp³-hybridized carbons (Fsp3) is 0.111. The van der Waals surface area contributed by atoms with Crippen molar-refractivity contribution in [1.82, 2.24) is 4.98 Å². The molecule has 1 aromatic heterocycles. The van der Waals surface area contributed by atoms with Crippen LogP contribution in [0.4, 0.5) is 5.82 Å². The van der Waals surface area contributed by atoms with Gasteiger partial charge in [-0.25, -0.2) is 4.98 Å². The Kier molecular flexibility index (Phi) is 4.21. The summed E-state index contributed by atoms with van der Waals surface area (Å²) < 4.78 is 5.20. The molecule has 0 aliphatic carbocycles. The third-order valence-electron chi connectivity index (χ3n) is 3.53. The topological polar surface area (TPSA) is 72.0 Å². The molecule has 0 fully saturated rings. The lowest BCUT2D eigenvalue weighted by Crippen LogP contribution is -2.05. The molecule has 5 heteroatoms. The highest BCUT2D eigenvalue weighted by Gasteiger charge is 2.16. The summed E-state index contributed by atoms with van der Waals surface area (Å²) in [5.41, 5.74) is 8.05. The van der Waals surface area contributed by atoms with Gasteiger partial charge in [0.25, 0.3) is 0 Å². The average molecular weight is 323 g/mol. The first-order valence-electron chi connectivity index (χ1n) is 7.16. The van der Waals surface area contributed by atoms with Crippen molar-refractivity contribution in [3.05, 3.63) is 54.1 Å². The van der Waals surface area contributed by atoms with Crippen molar-refractivity contribution < 1.29 is 4.74 Å². The molecule has 4 nitrogen and oxygen atoms in total. The zero-order valence-electron chi connectivity index (χ0n) is 13.0. The minimum absolute atomic E-state index is 0.396. The number of aromatic nitrogens is 1. The molecule has 116 valence electrons. The lowest BCUT2D eigenvalue weighted by atomic mass is 10.1. The van der Waals surface area contributed by atoms with Gasteiger partial charge < -0.3 is 15.9 Å². The first kappa shape index (κ1) is 15.4. The molecule has 0 saturated carbocycles. The van der Waals surface area contributed by atoms with Gasteiger partial charge in [-0.15, -0.1) is 0 Å². The molecule has 0 aliphatic rings. The van der Waals surface area contributed by atoms with E-state index >= 15 is 0 Å². The minimum Gasteiger partial charge on any atom is -0.497 e. The van der Waals surface area contributed by atoms with E-state index in [2.05, 4.69) is 4.98 Å². The molecular weight excluding hydrogens is 306 g/mol. The molecule has 0 saturated heterocycles. The van der Waals surface area contributed by atoms with Crippen LogP contribution in [0.2, 0.25) is 0 Å². The van der Waals surface area contributed by atoms with E-state index in [1.54, 1.807) is 25.8 Å². The van der Waals surface area contributed by atoms with Crippen molar-refractivity contribution in [3.8, 4) is 5.75 Å². The number of methoxy groups -OCH3 is 1. The van der Waals surface area contributed by atoms with Crippen molar-refractivity contribution in [2.24, 2.45) is 0 Å². The first-order valence-corrected chi connectivity index (χ1v) is 7.97. The zero-order valence-corrected chi connectivity index (χ0v) is 13.8. The Balaban J connectivity index is 2.16. The smallest absolute Gasteiger partial charge is 0.134 e. The van der Waals surface area contributed by atoms with Gasteiger partial charge in [0.2, 0.25) is 0 Å². The Labute approximate surface area is 139 Å². The Hall–Kier alpha value is -2.53. The quantitative estimate of drug-likeness (QED) is 0.700. The molecule has 0 aliphatic heterocycles. The second kappa shape index (κ2) is 6.30. The Morgan fingerprint density at radius 3 is 2.48 bits per heavy atom. The molecule has 3 rings (SSSR count). The Morgan fingerprint density at radius 1 is 1.13 bits per heavy atom. The molecule has 3 aromatic rings. The number of hydrogen-bond donors (Lipinski definition) is 2.